The van der Waals surface area contributed by atoms with Gasteiger partial charge in [0, 0.05) is 12.1 Å². The summed E-state index contributed by atoms with van der Waals surface area (Å²) < 4.78 is 10.5. The second kappa shape index (κ2) is 6.52. The van der Waals surface area contributed by atoms with Crippen molar-refractivity contribution in [2.24, 2.45) is 11.1 Å². The number of pyridine rings is 1. The van der Waals surface area contributed by atoms with Crippen molar-refractivity contribution in [3.05, 3.63) is 23.5 Å². The van der Waals surface area contributed by atoms with Crippen LogP contribution in [0.1, 0.15) is 25.2 Å². The lowest BCUT2D eigenvalue weighted by Crippen LogP contribution is -2.32. The Balaban J connectivity index is 2.80. The van der Waals surface area contributed by atoms with Crippen LogP contribution in [0.25, 0.3) is 0 Å². The van der Waals surface area contributed by atoms with Crippen molar-refractivity contribution >= 4 is 5.97 Å². The molecule has 0 aliphatic carbocycles. The number of nitrogens with zero attached hydrogens (tertiary/aromatic N) is 1. The summed E-state index contributed by atoms with van der Waals surface area (Å²) >= 11 is 0. The molecular formula is C14H22N2O3. The number of hydrogen-bond donors (Lipinski definition) is 1. The van der Waals surface area contributed by atoms with E-state index in [0.29, 0.717) is 18.7 Å². The number of hydrogen-bond acceptors (Lipinski definition) is 5. The van der Waals surface area contributed by atoms with Gasteiger partial charge in [0.2, 0.25) is 0 Å². The lowest BCUT2D eigenvalue weighted by atomic mass is 9.95. The Morgan fingerprint density at radius 3 is 2.68 bits per heavy atom. The highest BCUT2D eigenvalue weighted by molar-refractivity contribution is 5.75. The molecule has 19 heavy (non-hydrogen) atoms. The molecule has 0 saturated heterocycles. The topological polar surface area (TPSA) is 74.4 Å². The van der Waals surface area contributed by atoms with Gasteiger partial charge in [-0.3, -0.25) is 9.78 Å². The van der Waals surface area contributed by atoms with Gasteiger partial charge in [-0.15, -0.1) is 0 Å². The van der Waals surface area contributed by atoms with Crippen molar-refractivity contribution in [2.45, 2.75) is 27.2 Å². The number of carbonyl (C=O) groups is 1. The Labute approximate surface area is 114 Å². The molecule has 1 aromatic rings. The number of esters is 1. The highest BCUT2D eigenvalue weighted by Crippen LogP contribution is 2.22. The summed E-state index contributed by atoms with van der Waals surface area (Å²) in [5, 5.41) is 0. The van der Waals surface area contributed by atoms with E-state index in [0.717, 1.165) is 11.4 Å². The number of carbonyl (C=O) groups excluding carboxylic acids is 1. The van der Waals surface area contributed by atoms with Crippen LogP contribution >= 0.6 is 0 Å². The minimum atomic E-state index is -0.695. The summed E-state index contributed by atoms with van der Waals surface area (Å²) in [5.74, 6) is 0.376. The third-order valence-corrected chi connectivity index (χ3v) is 2.78. The minimum absolute atomic E-state index is 0.238. The molecule has 1 heterocycles. The van der Waals surface area contributed by atoms with Crippen molar-refractivity contribution in [1.82, 2.24) is 4.98 Å². The average Bonchev–Trinajstić information content (AvgIpc) is 2.37. The zero-order valence-electron chi connectivity index (χ0n) is 12.0. The molecule has 0 saturated carbocycles. The van der Waals surface area contributed by atoms with Crippen molar-refractivity contribution in [2.75, 3.05) is 20.3 Å². The fourth-order valence-corrected chi connectivity index (χ4v) is 1.64. The normalized spacial score (nSPS) is 11.2. The lowest BCUT2D eigenvalue weighted by molar-refractivity contribution is -0.152. The van der Waals surface area contributed by atoms with Crippen LogP contribution in [0, 0.1) is 12.3 Å². The number of aromatic nitrogens is 1. The third-order valence-electron chi connectivity index (χ3n) is 2.78. The van der Waals surface area contributed by atoms with Crippen LogP contribution in [0.4, 0.5) is 0 Å². The average molecular weight is 266 g/mol. The highest BCUT2D eigenvalue weighted by atomic mass is 16.5. The quantitative estimate of drug-likeness (QED) is 0.789. The molecule has 0 amide bonds. The van der Waals surface area contributed by atoms with Gasteiger partial charge in [-0.2, -0.15) is 0 Å². The first-order chi connectivity index (χ1) is 8.90. The van der Waals surface area contributed by atoms with Gasteiger partial charge in [-0.05, 0) is 39.4 Å². The number of ether oxygens (including phenoxy) is 2. The molecule has 0 unspecified atom stereocenters. The van der Waals surface area contributed by atoms with Crippen molar-refractivity contribution in [3.63, 3.8) is 0 Å². The van der Waals surface area contributed by atoms with Gasteiger partial charge in [-0.25, -0.2) is 0 Å². The molecule has 0 fully saturated rings. The summed E-state index contributed by atoms with van der Waals surface area (Å²) in [6, 6.07) is 3.74. The predicted octanol–water partition coefficient (Wildman–Crippen LogP) is 1.47. The maximum absolute atomic E-state index is 11.6. The molecule has 0 radical (unpaired) electrons. The van der Waals surface area contributed by atoms with Crippen LogP contribution in [-0.2, 0) is 16.0 Å². The number of aryl methyl sites for hydroxylation is 1. The summed E-state index contributed by atoms with van der Waals surface area (Å²) in [6.07, 6.45) is 0.648. The molecule has 1 aromatic heterocycles. The van der Waals surface area contributed by atoms with E-state index in [2.05, 4.69) is 4.98 Å². The van der Waals surface area contributed by atoms with Gasteiger partial charge in [0.15, 0.2) is 0 Å². The van der Waals surface area contributed by atoms with Gasteiger partial charge in [-0.1, -0.05) is 0 Å². The number of nitrogens with two attached hydrogens (primary N) is 1. The van der Waals surface area contributed by atoms with E-state index in [1.54, 1.807) is 13.8 Å². The first kappa shape index (κ1) is 15.4. The molecule has 0 bridgehead atoms. The SMILES string of the molecule is COC(=O)C(C)(C)COc1ccc(C)nc1CCN. The molecule has 0 aliphatic heterocycles. The standard InChI is InChI=1S/C14H22N2O3/c1-10-5-6-12(11(16-10)7-8-15)19-9-14(2,3)13(17)18-4/h5-6H,7-9,15H2,1-4H3. The highest BCUT2D eigenvalue weighted by Gasteiger charge is 2.30. The van der Waals surface area contributed by atoms with Crippen molar-refractivity contribution in [1.29, 1.82) is 0 Å². The van der Waals surface area contributed by atoms with E-state index in [4.69, 9.17) is 15.2 Å². The van der Waals surface area contributed by atoms with Crippen LogP contribution in [0.15, 0.2) is 12.1 Å². The van der Waals surface area contributed by atoms with Crippen molar-refractivity contribution < 1.29 is 14.3 Å². The maximum atomic E-state index is 11.6. The Morgan fingerprint density at radius 1 is 1.42 bits per heavy atom. The maximum Gasteiger partial charge on any atom is 0.314 e. The molecule has 0 aromatic carbocycles. The summed E-state index contributed by atoms with van der Waals surface area (Å²) in [5.41, 5.74) is 6.61. The monoisotopic (exact) mass is 266 g/mol. The van der Waals surface area contributed by atoms with E-state index in [1.807, 2.05) is 19.1 Å². The fourth-order valence-electron chi connectivity index (χ4n) is 1.64. The predicted molar refractivity (Wildman–Crippen MR) is 73.0 cm³/mol. The van der Waals surface area contributed by atoms with Crippen LogP contribution in [0.3, 0.4) is 0 Å². The molecule has 0 spiro atoms. The van der Waals surface area contributed by atoms with Gasteiger partial charge >= 0.3 is 5.97 Å². The zero-order valence-corrected chi connectivity index (χ0v) is 12.0. The van der Waals surface area contributed by atoms with E-state index < -0.39 is 5.41 Å². The molecule has 5 nitrogen and oxygen atoms in total. The van der Waals surface area contributed by atoms with Crippen LogP contribution in [0.2, 0.25) is 0 Å². The molecule has 0 atom stereocenters. The Hall–Kier alpha value is -1.62. The summed E-state index contributed by atoms with van der Waals surface area (Å²) in [7, 11) is 1.37. The number of rotatable bonds is 6. The largest absolute Gasteiger partial charge is 0.491 e. The van der Waals surface area contributed by atoms with Gasteiger partial charge in [0.05, 0.1) is 18.2 Å². The lowest BCUT2D eigenvalue weighted by Gasteiger charge is -2.22. The smallest absolute Gasteiger partial charge is 0.314 e. The Kier molecular flexibility index (Phi) is 5.30. The van der Waals surface area contributed by atoms with E-state index >= 15 is 0 Å². The summed E-state index contributed by atoms with van der Waals surface area (Å²) in [4.78, 5) is 16.0. The Morgan fingerprint density at radius 2 is 2.11 bits per heavy atom. The third kappa shape index (κ3) is 4.21. The minimum Gasteiger partial charge on any atom is -0.491 e. The summed E-state index contributed by atoms with van der Waals surface area (Å²) in [6.45, 7) is 6.23. The fraction of sp³-hybridized carbons (Fsp3) is 0.571. The second-order valence-electron chi connectivity index (χ2n) is 5.10. The van der Waals surface area contributed by atoms with Crippen molar-refractivity contribution in [3.8, 4) is 5.75 Å². The van der Waals surface area contributed by atoms with Gasteiger partial charge in [0.1, 0.15) is 12.4 Å². The van der Waals surface area contributed by atoms with E-state index in [1.165, 1.54) is 7.11 Å². The molecule has 106 valence electrons. The molecule has 0 aliphatic rings. The van der Waals surface area contributed by atoms with E-state index in [-0.39, 0.29) is 12.6 Å². The van der Waals surface area contributed by atoms with Crippen LogP contribution in [-0.4, -0.2) is 31.2 Å². The van der Waals surface area contributed by atoms with E-state index in [9.17, 15) is 4.79 Å². The van der Waals surface area contributed by atoms with Crippen LogP contribution in [0.5, 0.6) is 5.75 Å². The zero-order chi connectivity index (χ0) is 14.5. The Bertz CT molecular complexity index is 444. The molecular weight excluding hydrogens is 244 g/mol. The first-order valence-corrected chi connectivity index (χ1v) is 6.28. The number of methoxy groups -OCH3 is 1. The molecule has 5 heteroatoms. The molecule has 2 N–H and O–H groups in total. The van der Waals surface area contributed by atoms with Gasteiger partial charge in [0.25, 0.3) is 0 Å². The van der Waals surface area contributed by atoms with Gasteiger partial charge < -0.3 is 15.2 Å². The molecule has 1 rings (SSSR count). The van der Waals surface area contributed by atoms with Crippen LogP contribution < -0.4 is 10.5 Å². The second-order valence-corrected chi connectivity index (χ2v) is 5.10. The first-order valence-electron chi connectivity index (χ1n) is 6.28.